The van der Waals surface area contributed by atoms with Gasteiger partial charge in [0, 0.05) is 37.5 Å². The van der Waals surface area contributed by atoms with E-state index in [1.165, 1.54) is 11.8 Å². The lowest BCUT2D eigenvalue weighted by Gasteiger charge is -2.28. The van der Waals surface area contributed by atoms with Crippen LogP contribution < -0.4 is 19.1 Å². The molecule has 2 fully saturated rings. The first kappa shape index (κ1) is 23.0. The standard InChI is InChI=1S/C24H27N3O5S/c1-26-23(28)22(14-16-13-20(30-3)21(31-4)15-19(16)29-2)33-24(26)25-17-5-7-18(8-6-17)27-9-11-32-12-10-27/h5-8,13-15H,9-12H2,1-4H3/b22-14+,25-24?. The van der Waals surface area contributed by atoms with E-state index < -0.39 is 0 Å². The summed E-state index contributed by atoms with van der Waals surface area (Å²) in [7, 11) is 6.44. The number of hydrogen-bond acceptors (Lipinski definition) is 8. The molecule has 2 aromatic rings. The third-order valence-electron chi connectivity index (χ3n) is 5.48. The highest BCUT2D eigenvalue weighted by Gasteiger charge is 2.31. The van der Waals surface area contributed by atoms with E-state index in [0.29, 0.717) is 27.3 Å². The fourth-order valence-corrected chi connectivity index (χ4v) is 4.61. The van der Waals surface area contributed by atoms with Crippen LogP contribution in [0.1, 0.15) is 5.56 Å². The lowest BCUT2D eigenvalue weighted by atomic mass is 10.1. The molecule has 33 heavy (non-hydrogen) atoms. The van der Waals surface area contributed by atoms with Gasteiger partial charge >= 0.3 is 0 Å². The highest BCUT2D eigenvalue weighted by Crippen LogP contribution is 2.39. The minimum Gasteiger partial charge on any atom is -0.496 e. The van der Waals surface area contributed by atoms with Crippen molar-refractivity contribution in [1.82, 2.24) is 4.90 Å². The fourth-order valence-electron chi connectivity index (χ4n) is 3.63. The zero-order valence-corrected chi connectivity index (χ0v) is 20.0. The van der Waals surface area contributed by atoms with Crippen molar-refractivity contribution in [2.24, 2.45) is 4.99 Å². The van der Waals surface area contributed by atoms with Crippen LogP contribution >= 0.6 is 11.8 Å². The number of morpholine rings is 1. The van der Waals surface area contributed by atoms with Crippen molar-refractivity contribution < 1.29 is 23.7 Å². The Balaban J connectivity index is 1.57. The van der Waals surface area contributed by atoms with Crippen LogP contribution in [-0.2, 0) is 9.53 Å². The lowest BCUT2D eigenvalue weighted by Crippen LogP contribution is -2.36. The number of aliphatic imine (C=N–C) groups is 1. The van der Waals surface area contributed by atoms with E-state index in [-0.39, 0.29) is 5.91 Å². The quantitative estimate of drug-likeness (QED) is 0.596. The van der Waals surface area contributed by atoms with E-state index >= 15 is 0 Å². The van der Waals surface area contributed by atoms with E-state index in [1.807, 2.05) is 12.1 Å². The minimum absolute atomic E-state index is 0.125. The van der Waals surface area contributed by atoms with Crippen molar-refractivity contribution in [3.63, 3.8) is 0 Å². The number of rotatable bonds is 6. The molecule has 0 saturated carbocycles. The Morgan fingerprint density at radius 1 is 0.970 bits per heavy atom. The van der Waals surface area contributed by atoms with Crippen LogP contribution in [0.4, 0.5) is 11.4 Å². The van der Waals surface area contributed by atoms with Gasteiger partial charge in [0.15, 0.2) is 16.7 Å². The smallest absolute Gasteiger partial charge is 0.266 e. The van der Waals surface area contributed by atoms with E-state index in [0.717, 1.165) is 43.2 Å². The average molecular weight is 470 g/mol. The molecule has 0 spiro atoms. The molecule has 0 radical (unpaired) electrons. The maximum absolute atomic E-state index is 12.9. The second-order valence-corrected chi connectivity index (χ2v) is 8.44. The number of thioether (sulfide) groups is 1. The average Bonchev–Trinajstić information content (AvgIpc) is 3.12. The molecule has 0 atom stereocenters. The molecule has 174 valence electrons. The van der Waals surface area contributed by atoms with Crippen LogP contribution in [0, 0.1) is 0 Å². The highest BCUT2D eigenvalue weighted by molar-refractivity contribution is 8.18. The number of amidine groups is 1. The van der Waals surface area contributed by atoms with Crippen LogP contribution in [0.25, 0.3) is 6.08 Å². The van der Waals surface area contributed by atoms with Crippen molar-refractivity contribution in [2.45, 2.75) is 0 Å². The number of ether oxygens (including phenoxy) is 4. The summed E-state index contributed by atoms with van der Waals surface area (Å²) in [5.74, 6) is 1.57. The van der Waals surface area contributed by atoms with Gasteiger partial charge in [-0.1, -0.05) is 0 Å². The van der Waals surface area contributed by atoms with Crippen LogP contribution in [0.15, 0.2) is 46.3 Å². The van der Waals surface area contributed by atoms with E-state index in [1.54, 1.807) is 51.5 Å². The Kier molecular flexibility index (Phi) is 7.10. The normalized spacial score (nSPS) is 18.8. The number of methoxy groups -OCH3 is 3. The molecule has 2 saturated heterocycles. The number of amides is 1. The van der Waals surface area contributed by atoms with Gasteiger partial charge in [0.1, 0.15) is 5.75 Å². The zero-order chi connectivity index (χ0) is 23.4. The van der Waals surface area contributed by atoms with E-state index in [2.05, 4.69) is 17.0 Å². The molecule has 0 bridgehead atoms. The number of carbonyl (C=O) groups excluding carboxylic acids is 1. The number of benzene rings is 2. The zero-order valence-electron chi connectivity index (χ0n) is 19.2. The number of anilines is 1. The van der Waals surface area contributed by atoms with Crippen LogP contribution in [0.5, 0.6) is 17.2 Å². The van der Waals surface area contributed by atoms with Gasteiger partial charge < -0.3 is 23.8 Å². The van der Waals surface area contributed by atoms with Crippen molar-refractivity contribution >= 4 is 40.3 Å². The van der Waals surface area contributed by atoms with Gasteiger partial charge in [-0.05, 0) is 48.2 Å². The number of carbonyl (C=O) groups is 1. The Hall–Kier alpha value is -3.17. The highest BCUT2D eigenvalue weighted by atomic mass is 32.2. The molecular formula is C24H27N3O5S. The Morgan fingerprint density at radius 3 is 2.24 bits per heavy atom. The van der Waals surface area contributed by atoms with E-state index in [9.17, 15) is 4.79 Å². The molecular weight excluding hydrogens is 442 g/mol. The number of nitrogens with zero attached hydrogens (tertiary/aromatic N) is 3. The monoisotopic (exact) mass is 469 g/mol. The van der Waals surface area contributed by atoms with Crippen LogP contribution in [0.3, 0.4) is 0 Å². The maximum Gasteiger partial charge on any atom is 0.266 e. The summed E-state index contributed by atoms with van der Waals surface area (Å²) in [6, 6.07) is 11.6. The summed E-state index contributed by atoms with van der Waals surface area (Å²) in [4.78, 5) is 22.0. The second-order valence-electron chi connectivity index (χ2n) is 7.43. The van der Waals surface area contributed by atoms with Gasteiger partial charge in [-0.2, -0.15) is 0 Å². The van der Waals surface area contributed by atoms with Crippen molar-refractivity contribution in [3.8, 4) is 17.2 Å². The summed E-state index contributed by atoms with van der Waals surface area (Å²) in [5.41, 5.74) is 2.65. The predicted octanol–water partition coefficient (Wildman–Crippen LogP) is 3.78. The van der Waals surface area contributed by atoms with Crippen molar-refractivity contribution in [1.29, 1.82) is 0 Å². The largest absolute Gasteiger partial charge is 0.496 e. The molecule has 0 aliphatic carbocycles. The van der Waals surface area contributed by atoms with Crippen molar-refractivity contribution in [2.75, 3.05) is 59.6 Å². The summed E-state index contributed by atoms with van der Waals surface area (Å²) in [6.07, 6.45) is 1.79. The van der Waals surface area contributed by atoms with Crippen molar-refractivity contribution in [3.05, 3.63) is 46.9 Å². The maximum atomic E-state index is 12.9. The molecule has 9 heteroatoms. The van der Waals surface area contributed by atoms with Gasteiger partial charge in [-0.25, -0.2) is 4.99 Å². The molecule has 8 nitrogen and oxygen atoms in total. The lowest BCUT2D eigenvalue weighted by molar-refractivity contribution is -0.121. The summed E-state index contributed by atoms with van der Waals surface area (Å²) < 4.78 is 21.6. The molecule has 1 amide bonds. The Labute approximate surface area is 197 Å². The molecule has 2 aliphatic rings. The molecule has 0 N–H and O–H groups in total. The van der Waals surface area contributed by atoms with Gasteiger partial charge in [0.2, 0.25) is 0 Å². The first-order valence-corrected chi connectivity index (χ1v) is 11.3. The SMILES string of the molecule is COc1cc(OC)c(OC)cc1/C=C1/SC(=Nc2ccc(N3CCOCC3)cc2)N(C)C1=O. The molecule has 2 aromatic carbocycles. The fraction of sp³-hybridized carbons (Fsp3) is 0.333. The Bertz CT molecular complexity index is 1080. The van der Waals surface area contributed by atoms with E-state index in [4.69, 9.17) is 23.9 Å². The summed E-state index contributed by atoms with van der Waals surface area (Å²) in [6.45, 7) is 3.25. The van der Waals surface area contributed by atoms with Gasteiger partial charge in [-0.3, -0.25) is 9.69 Å². The molecule has 2 heterocycles. The first-order valence-electron chi connectivity index (χ1n) is 10.5. The third-order valence-corrected chi connectivity index (χ3v) is 6.54. The van der Waals surface area contributed by atoms with Gasteiger partial charge in [-0.15, -0.1) is 0 Å². The minimum atomic E-state index is -0.125. The molecule has 0 unspecified atom stereocenters. The third kappa shape index (κ3) is 4.94. The number of hydrogen-bond donors (Lipinski definition) is 0. The number of likely N-dealkylation sites (N-methyl/N-ethyl adjacent to an activating group) is 1. The molecule has 2 aliphatic heterocycles. The second kappa shape index (κ2) is 10.2. The Morgan fingerprint density at radius 2 is 1.61 bits per heavy atom. The predicted molar refractivity (Wildman–Crippen MR) is 131 cm³/mol. The first-order chi connectivity index (χ1) is 16.0. The van der Waals surface area contributed by atoms with Crippen LogP contribution in [-0.4, -0.2) is 70.7 Å². The topological polar surface area (TPSA) is 72.8 Å². The molecule has 0 aromatic heterocycles. The molecule has 4 rings (SSSR count). The summed E-state index contributed by atoms with van der Waals surface area (Å²) >= 11 is 1.32. The van der Waals surface area contributed by atoms with Crippen LogP contribution in [0.2, 0.25) is 0 Å². The van der Waals surface area contributed by atoms with Gasteiger partial charge in [0.25, 0.3) is 5.91 Å². The summed E-state index contributed by atoms with van der Waals surface area (Å²) in [5, 5.41) is 0.616. The van der Waals surface area contributed by atoms with Gasteiger partial charge in [0.05, 0.1) is 45.1 Å².